The fraction of sp³-hybridized carbons (Fsp3) is 0.714. The van der Waals surface area contributed by atoms with E-state index in [0.29, 0.717) is 12.4 Å². The number of unbranched alkanes of at least 4 members (excludes halogenated alkanes) is 2. The monoisotopic (exact) mass is 394 g/mol. The van der Waals surface area contributed by atoms with Crippen LogP contribution in [0.1, 0.15) is 50.5 Å². The molecule has 0 atom stereocenters. The van der Waals surface area contributed by atoms with E-state index in [2.05, 4.69) is 34.5 Å². The minimum absolute atomic E-state index is 0. The summed E-state index contributed by atoms with van der Waals surface area (Å²) in [5, 5.41) is 6.54. The molecule has 0 spiro atoms. The first kappa shape index (κ1) is 19.2. The van der Waals surface area contributed by atoms with Crippen LogP contribution in [-0.4, -0.2) is 24.0 Å². The van der Waals surface area contributed by atoms with Crippen molar-refractivity contribution in [2.75, 3.05) is 13.1 Å². The van der Waals surface area contributed by atoms with Gasteiger partial charge in [0.05, 0.1) is 5.69 Å². The molecule has 0 amide bonds. The summed E-state index contributed by atoms with van der Waals surface area (Å²) in [7, 11) is 0. The first-order valence-corrected chi connectivity index (χ1v) is 7.12. The fourth-order valence-corrected chi connectivity index (χ4v) is 1.68. The van der Waals surface area contributed by atoms with Crippen LogP contribution in [0.2, 0.25) is 0 Å². The van der Waals surface area contributed by atoms with Gasteiger partial charge in [-0.15, -0.1) is 24.0 Å². The molecular formula is C14H27IN4O. The van der Waals surface area contributed by atoms with E-state index < -0.39 is 0 Å². The van der Waals surface area contributed by atoms with E-state index in [1.54, 1.807) is 0 Å². The SMILES string of the molecule is CCCCCNC(=NCc1nc(C)c(C)o1)NCC.I. The van der Waals surface area contributed by atoms with Crippen LogP contribution < -0.4 is 10.6 Å². The maximum Gasteiger partial charge on any atom is 0.216 e. The molecule has 0 bridgehead atoms. The summed E-state index contributed by atoms with van der Waals surface area (Å²) in [6.07, 6.45) is 3.63. The van der Waals surface area contributed by atoms with Crippen LogP contribution in [0.15, 0.2) is 9.41 Å². The Morgan fingerprint density at radius 1 is 1.20 bits per heavy atom. The number of rotatable bonds is 7. The zero-order chi connectivity index (χ0) is 14.1. The molecule has 0 aliphatic heterocycles. The van der Waals surface area contributed by atoms with Gasteiger partial charge in [0.1, 0.15) is 12.3 Å². The van der Waals surface area contributed by atoms with Crippen molar-refractivity contribution in [2.45, 2.75) is 53.5 Å². The zero-order valence-corrected chi connectivity index (χ0v) is 15.3. The van der Waals surface area contributed by atoms with Crippen molar-refractivity contribution in [3.63, 3.8) is 0 Å². The Bertz CT molecular complexity index is 384. The first-order chi connectivity index (χ1) is 9.17. The molecule has 0 aliphatic carbocycles. The molecule has 0 saturated heterocycles. The van der Waals surface area contributed by atoms with Crippen molar-refractivity contribution in [1.29, 1.82) is 0 Å². The molecule has 116 valence electrons. The highest BCUT2D eigenvalue weighted by atomic mass is 127. The molecule has 2 N–H and O–H groups in total. The average Bonchev–Trinajstić information content (AvgIpc) is 2.71. The third-order valence-electron chi connectivity index (χ3n) is 2.86. The zero-order valence-electron chi connectivity index (χ0n) is 13.0. The second kappa shape index (κ2) is 10.9. The third-order valence-corrected chi connectivity index (χ3v) is 2.86. The molecule has 0 aliphatic rings. The molecule has 1 aromatic heterocycles. The molecule has 1 heterocycles. The number of nitrogens with zero attached hydrogens (tertiary/aromatic N) is 2. The largest absolute Gasteiger partial charge is 0.444 e. The van der Waals surface area contributed by atoms with E-state index >= 15 is 0 Å². The van der Waals surface area contributed by atoms with Crippen LogP contribution in [0.4, 0.5) is 0 Å². The highest BCUT2D eigenvalue weighted by Crippen LogP contribution is 2.08. The van der Waals surface area contributed by atoms with Gasteiger partial charge in [-0.05, 0) is 27.2 Å². The van der Waals surface area contributed by atoms with Gasteiger partial charge in [0.25, 0.3) is 0 Å². The lowest BCUT2D eigenvalue weighted by Crippen LogP contribution is -2.37. The summed E-state index contributed by atoms with van der Waals surface area (Å²) in [5.41, 5.74) is 0.936. The van der Waals surface area contributed by atoms with Gasteiger partial charge in [0.2, 0.25) is 5.89 Å². The first-order valence-electron chi connectivity index (χ1n) is 7.12. The van der Waals surface area contributed by atoms with Crippen molar-refractivity contribution in [2.24, 2.45) is 4.99 Å². The Morgan fingerprint density at radius 2 is 1.95 bits per heavy atom. The van der Waals surface area contributed by atoms with Gasteiger partial charge in [0, 0.05) is 13.1 Å². The van der Waals surface area contributed by atoms with Crippen molar-refractivity contribution >= 4 is 29.9 Å². The number of aliphatic imine (C=N–C) groups is 1. The van der Waals surface area contributed by atoms with Crippen LogP contribution >= 0.6 is 24.0 Å². The molecule has 5 nitrogen and oxygen atoms in total. The minimum atomic E-state index is 0. The van der Waals surface area contributed by atoms with Crippen LogP contribution in [0.5, 0.6) is 0 Å². The second-order valence-electron chi connectivity index (χ2n) is 4.58. The van der Waals surface area contributed by atoms with E-state index in [0.717, 1.165) is 36.9 Å². The summed E-state index contributed by atoms with van der Waals surface area (Å²) >= 11 is 0. The number of aromatic nitrogens is 1. The predicted molar refractivity (Wildman–Crippen MR) is 93.7 cm³/mol. The Balaban J connectivity index is 0.00000361. The summed E-state index contributed by atoms with van der Waals surface area (Å²) < 4.78 is 5.51. The van der Waals surface area contributed by atoms with Crippen LogP contribution in [0, 0.1) is 13.8 Å². The molecule has 0 aromatic carbocycles. The minimum Gasteiger partial charge on any atom is -0.444 e. The Morgan fingerprint density at radius 3 is 2.50 bits per heavy atom. The number of hydrogen-bond donors (Lipinski definition) is 2. The van der Waals surface area contributed by atoms with Crippen LogP contribution in [0.25, 0.3) is 0 Å². The number of aryl methyl sites for hydroxylation is 2. The van der Waals surface area contributed by atoms with Gasteiger partial charge in [-0.2, -0.15) is 0 Å². The molecule has 0 radical (unpaired) electrons. The van der Waals surface area contributed by atoms with Crippen molar-refractivity contribution < 1.29 is 4.42 Å². The molecule has 0 fully saturated rings. The standard InChI is InChI=1S/C14H26N4O.HI/c1-5-7-8-9-16-14(15-6-2)17-10-13-18-11(3)12(4)19-13;/h5-10H2,1-4H3,(H2,15,16,17);1H. The van der Waals surface area contributed by atoms with Gasteiger partial charge in [-0.3, -0.25) is 0 Å². The molecule has 0 unspecified atom stereocenters. The number of nitrogens with one attached hydrogen (secondary N) is 2. The Kier molecular flexibility index (Phi) is 10.5. The molecule has 0 saturated carbocycles. The lowest BCUT2D eigenvalue weighted by molar-refractivity contribution is 0.472. The van der Waals surface area contributed by atoms with E-state index in [1.807, 2.05) is 13.8 Å². The highest BCUT2D eigenvalue weighted by molar-refractivity contribution is 14.0. The van der Waals surface area contributed by atoms with E-state index in [4.69, 9.17) is 4.42 Å². The lowest BCUT2D eigenvalue weighted by Gasteiger charge is -2.10. The summed E-state index contributed by atoms with van der Waals surface area (Å²) in [6.45, 7) is 10.4. The lowest BCUT2D eigenvalue weighted by atomic mass is 10.2. The van der Waals surface area contributed by atoms with Crippen molar-refractivity contribution in [3.05, 3.63) is 17.3 Å². The van der Waals surface area contributed by atoms with Crippen molar-refractivity contribution in [3.8, 4) is 0 Å². The Labute approximate surface area is 139 Å². The van der Waals surface area contributed by atoms with Crippen LogP contribution in [0.3, 0.4) is 0 Å². The molecule has 1 aromatic rings. The average molecular weight is 394 g/mol. The predicted octanol–water partition coefficient (Wildman–Crippen LogP) is 3.15. The Hall–Kier alpha value is -0.790. The molecule has 20 heavy (non-hydrogen) atoms. The molecular weight excluding hydrogens is 367 g/mol. The number of halogens is 1. The smallest absolute Gasteiger partial charge is 0.216 e. The maximum absolute atomic E-state index is 5.51. The van der Waals surface area contributed by atoms with E-state index in [1.165, 1.54) is 12.8 Å². The van der Waals surface area contributed by atoms with Gasteiger partial charge in [-0.1, -0.05) is 19.8 Å². The quantitative estimate of drug-likeness (QED) is 0.323. The normalized spacial score (nSPS) is 11.1. The fourth-order valence-electron chi connectivity index (χ4n) is 1.68. The highest BCUT2D eigenvalue weighted by Gasteiger charge is 2.05. The van der Waals surface area contributed by atoms with Gasteiger partial charge < -0.3 is 15.1 Å². The summed E-state index contributed by atoms with van der Waals surface area (Å²) in [5.74, 6) is 2.36. The van der Waals surface area contributed by atoms with E-state index in [9.17, 15) is 0 Å². The van der Waals surface area contributed by atoms with E-state index in [-0.39, 0.29) is 24.0 Å². The summed E-state index contributed by atoms with van der Waals surface area (Å²) in [6, 6.07) is 0. The van der Waals surface area contributed by atoms with Gasteiger partial charge >= 0.3 is 0 Å². The van der Waals surface area contributed by atoms with Crippen LogP contribution in [-0.2, 0) is 6.54 Å². The topological polar surface area (TPSA) is 62.5 Å². The maximum atomic E-state index is 5.51. The van der Waals surface area contributed by atoms with Crippen molar-refractivity contribution in [1.82, 2.24) is 15.6 Å². The number of hydrogen-bond acceptors (Lipinski definition) is 3. The third kappa shape index (κ3) is 7.12. The van der Waals surface area contributed by atoms with Gasteiger partial charge in [-0.25, -0.2) is 9.98 Å². The van der Waals surface area contributed by atoms with Gasteiger partial charge in [0.15, 0.2) is 5.96 Å². The molecule has 1 rings (SSSR count). The number of guanidine groups is 1. The second-order valence-corrected chi connectivity index (χ2v) is 4.58. The number of oxazole rings is 1. The summed E-state index contributed by atoms with van der Waals surface area (Å²) in [4.78, 5) is 8.80. The molecule has 6 heteroatoms.